The molecule has 2 aromatic rings. The lowest BCUT2D eigenvalue weighted by Gasteiger charge is -2.13. The lowest BCUT2D eigenvalue weighted by Crippen LogP contribution is -1.96. The highest BCUT2D eigenvalue weighted by molar-refractivity contribution is 6.31. The number of hydrogen-bond donors (Lipinski definition) is 0. The van der Waals surface area contributed by atoms with E-state index in [2.05, 4.69) is 24.3 Å². The van der Waals surface area contributed by atoms with Crippen LogP contribution in [0.2, 0.25) is 5.02 Å². The van der Waals surface area contributed by atoms with Gasteiger partial charge in [-0.25, -0.2) is 0 Å². The average Bonchev–Trinajstić information content (AvgIpc) is 2.49. The summed E-state index contributed by atoms with van der Waals surface area (Å²) < 4.78 is 0. The predicted octanol–water partition coefficient (Wildman–Crippen LogP) is 4.77. The summed E-state index contributed by atoms with van der Waals surface area (Å²) in [7, 11) is 0. The van der Waals surface area contributed by atoms with Gasteiger partial charge in [0.2, 0.25) is 0 Å². The maximum Gasteiger partial charge on any atom is 0.0841 e. The van der Waals surface area contributed by atoms with E-state index in [0.717, 1.165) is 23.4 Å². The number of halogens is 2. The van der Waals surface area contributed by atoms with Crippen molar-refractivity contribution in [3.63, 3.8) is 0 Å². The van der Waals surface area contributed by atoms with E-state index >= 15 is 0 Å². The van der Waals surface area contributed by atoms with Crippen molar-refractivity contribution in [1.82, 2.24) is 0 Å². The second-order valence-corrected chi connectivity index (χ2v) is 5.28. The minimum atomic E-state index is -0.0811. The van der Waals surface area contributed by atoms with Gasteiger partial charge in [0.25, 0.3) is 0 Å². The van der Waals surface area contributed by atoms with Gasteiger partial charge in [0, 0.05) is 5.02 Å². The summed E-state index contributed by atoms with van der Waals surface area (Å²) in [6.07, 6.45) is 2.08. The van der Waals surface area contributed by atoms with Crippen LogP contribution in [0.15, 0.2) is 42.5 Å². The van der Waals surface area contributed by atoms with E-state index in [1.165, 1.54) is 16.7 Å². The zero-order valence-electron chi connectivity index (χ0n) is 9.29. The standard InChI is InChI=1S/C15H12Cl2/c16-12-8-7-11-6-5-10-3-1-2-4-13(10)15(17)14(11)9-12/h1-4,7-9,15H,5-6H2/t15-/m0/s1. The van der Waals surface area contributed by atoms with Crippen molar-refractivity contribution < 1.29 is 0 Å². The molecule has 0 fully saturated rings. The van der Waals surface area contributed by atoms with Crippen molar-refractivity contribution in [2.75, 3.05) is 0 Å². The molecule has 0 radical (unpaired) electrons. The molecule has 2 heteroatoms. The Balaban J connectivity index is 2.18. The average molecular weight is 263 g/mol. The van der Waals surface area contributed by atoms with Crippen molar-refractivity contribution in [1.29, 1.82) is 0 Å². The molecule has 0 unspecified atom stereocenters. The first-order valence-corrected chi connectivity index (χ1v) is 6.57. The van der Waals surface area contributed by atoms with E-state index in [1.807, 2.05) is 18.2 Å². The van der Waals surface area contributed by atoms with E-state index in [1.54, 1.807) is 0 Å². The van der Waals surface area contributed by atoms with Gasteiger partial charge in [-0.15, -0.1) is 11.6 Å². The Morgan fingerprint density at radius 2 is 1.59 bits per heavy atom. The molecule has 0 aromatic heterocycles. The SMILES string of the molecule is Clc1ccc2c(c1)[C@@H](Cl)c1ccccc1CC2. The molecule has 0 amide bonds. The van der Waals surface area contributed by atoms with Gasteiger partial charge in [-0.05, 0) is 47.2 Å². The van der Waals surface area contributed by atoms with Crippen LogP contribution in [-0.4, -0.2) is 0 Å². The van der Waals surface area contributed by atoms with E-state index in [-0.39, 0.29) is 5.38 Å². The van der Waals surface area contributed by atoms with Gasteiger partial charge in [-0.2, -0.15) is 0 Å². The van der Waals surface area contributed by atoms with Crippen LogP contribution in [-0.2, 0) is 12.8 Å². The molecule has 2 aromatic carbocycles. The van der Waals surface area contributed by atoms with Crippen LogP contribution in [0.3, 0.4) is 0 Å². The molecule has 0 saturated carbocycles. The Morgan fingerprint density at radius 3 is 2.41 bits per heavy atom. The third-order valence-corrected chi connectivity index (χ3v) is 4.08. The Hall–Kier alpha value is -0.980. The van der Waals surface area contributed by atoms with Gasteiger partial charge in [0.15, 0.2) is 0 Å². The van der Waals surface area contributed by atoms with Crippen LogP contribution in [0.25, 0.3) is 0 Å². The third-order valence-electron chi connectivity index (χ3n) is 3.37. The van der Waals surface area contributed by atoms with Crippen molar-refractivity contribution in [3.8, 4) is 0 Å². The first-order valence-electron chi connectivity index (χ1n) is 5.76. The minimum Gasteiger partial charge on any atom is -0.113 e. The fraction of sp³-hybridized carbons (Fsp3) is 0.200. The van der Waals surface area contributed by atoms with Crippen LogP contribution < -0.4 is 0 Å². The number of fused-ring (bicyclic) bond motifs is 2. The summed E-state index contributed by atoms with van der Waals surface area (Å²) in [6.45, 7) is 0. The summed E-state index contributed by atoms with van der Waals surface area (Å²) in [6, 6.07) is 14.4. The highest BCUT2D eigenvalue weighted by Crippen LogP contribution is 2.37. The molecular weight excluding hydrogens is 251 g/mol. The number of aryl methyl sites for hydroxylation is 2. The molecule has 0 heterocycles. The zero-order valence-corrected chi connectivity index (χ0v) is 10.8. The molecular formula is C15H12Cl2. The molecule has 0 aliphatic heterocycles. The molecule has 1 aliphatic carbocycles. The van der Waals surface area contributed by atoms with Crippen molar-refractivity contribution >= 4 is 23.2 Å². The van der Waals surface area contributed by atoms with Gasteiger partial charge in [-0.3, -0.25) is 0 Å². The normalized spacial score (nSPS) is 18.1. The van der Waals surface area contributed by atoms with Gasteiger partial charge in [0.1, 0.15) is 0 Å². The number of alkyl halides is 1. The molecule has 1 aliphatic rings. The fourth-order valence-electron chi connectivity index (χ4n) is 2.48. The maximum absolute atomic E-state index is 6.60. The van der Waals surface area contributed by atoms with Crippen molar-refractivity contribution in [2.24, 2.45) is 0 Å². The largest absolute Gasteiger partial charge is 0.113 e. The summed E-state index contributed by atoms with van der Waals surface area (Å²) in [4.78, 5) is 0. The van der Waals surface area contributed by atoms with Crippen LogP contribution in [0, 0.1) is 0 Å². The molecule has 86 valence electrons. The Bertz CT molecular complexity index is 561. The number of hydrogen-bond acceptors (Lipinski definition) is 0. The third kappa shape index (κ3) is 1.96. The highest BCUT2D eigenvalue weighted by Gasteiger charge is 2.21. The molecule has 0 spiro atoms. The topological polar surface area (TPSA) is 0 Å². The lowest BCUT2D eigenvalue weighted by molar-refractivity contribution is 0.965. The van der Waals surface area contributed by atoms with Crippen LogP contribution in [0.4, 0.5) is 0 Å². The predicted molar refractivity (Wildman–Crippen MR) is 73.0 cm³/mol. The maximum atomic E-state index is 6.60. The second kappa shape index (κ2) is 4.36. The van der Waals surface area contributed by atoms with Crippen molar-refractivity contribution in [2.45, 2.75) is 18.2 Å². The molecule has 0 nitrogen and oxygen atoms in total. The minimum absolute atomic E-state index is 0.0811. The van der Waals surface area contributed by atoms with E-state index in [4.69, 9.17) is 23.2 Å². The van der Waals surface area contributed by atoms with Crippen molar-refractivity contribution in [3.05, 3.63) is 69.7 Å². The summed E-state index contributed by atoms with van der Waals surface area (Å²) in [5, 5.41) is 0.677. The van der Waals surface area contributed by atoms with Gasteiger partial charge < -0.3 is 0 Å². The van der Waals surface area contributed by atoms with Gasteiger partial charge in [0.05, 0.1) is 5.38 Å². The molecule has 17 heavy (non-hydrogen) atoms. The van der Waals surface area contributed by atoms with Gasteiger partial charge in [-0.1, -0.05) is 41.9 Å². The molecule has 1 atom stereocenters. The van der Waals surface area contributed by atoms with E-state index in [0.29, 0.717) is 0 Å². The first-order chi connectivity index (χ1) is 8.25. The Labute approximate surface area is 111 Å². The number of rotatable bonds is 0. The van der Waals surface area contributed by atoms with Crippen LogP contribution >= 0.6 is 23.2 Å². The zero-order chi connectivity index (χ0) is 11.8. The monoisotopic (exact) mass is 262 g/mol. The quantitative estimate of drug-likeness (QED) is 0.601. The van der Waals surface area contributed by atoms with E-state index < -0.39 is 0 Å². The Morgan fingerprint density at radius 1 is 0.882 bits per heavy atom. The second-order valence-electron chi connectivity index (χ2n) is 4.40. The van der Waals surface area contributed by atoms with Gasteiger partial charge >= 0.3 is 0 Å². The Kier molecular flexibility index (Phi) is 2.85. The van der Waals surface area contributed by atoms with Crippen LogP contribution in [0.5, 0.6) is 0 Å². The summed E-state index contributed by atoms with van der Waals surface area (Å²) in [5.41, 5.74) is 5.03. The number of benzene rings is 2. The molecule has 3 rings (SSSR count). The molecule has 0 saturated heterocycles. The fourth-order valence-corrected chi connectivity index (χ4v) is 3.07. The first kappa shape index (κ1) is 11.1. The van der Waals surface area contributed by atoms with E-state index in [9.17, 15) is 0 Å². The highest BCUT2D eigenvalue weighted by atomic mass is 35.5. The summed E-state index contributed by atoms with van der Waals surface area (Å²) in [5.74, 6) is 0. The van der Waals surface area contributed by atoms with Crippen LogP contribution in [0.1, 0.15) is 27.6 Å². The molecule has 0 bridgehead atoms. The smallest absolute Gasteiger partial charge is 0.0841 e. The summed E-state index contributed by atoms with van der Waals surface area (Å²) >= 11 is 12.7. The lowest BCUT2D eigenvalue weighted by atomic mass is 10.00. The molecule has 0 N–H and O–H groups in total.